The van der Waals surface area contributed by atoms with E-state index >= 15 is 0 Å². The van der Waals surface area contributed by atoms with Crippen LogP contribution in [0.25, 0.3) is 0 Å². The van der Waals surface area contributed by atoms with E-state index in [9.17, 15) is 9.90 Å². The molecule has 1 heterocycles. The Hall–Kier alpha value is -1.39. The summed E-state index contributed by atoms with van der Waals surface area (Å²) in [6, 6.07) is 9.65. The molecule has 0 aromatic heterocycles. The smallest absolute Gasteiger partial charge is 0.241 e. The van der Waals surface area contributed by atoms with Crippen LogP contribution in [-0.4, -0.2) is 29.7 Å². The van der Waals surface area contributed by atoms with Gasteiger partial charge in [-0.2, -0.15) is 0 Å². The van der Waals surface area contributed by atoms with Crippen LogP contribution in [0.2, 0.25) is 0 Å². The van der Waals surface area contributed by atoms with Gasteiger partial charge < -0.3 is 15.7 Å². The maximum atomic E-state index is 12.8. The second-order valence-electron chi connectivity index (χ2n) is 6.17. The van der Waals surface area contributed by atoms with E-state index < -0.39 is 11.1 Å². The van der Waals surface area contributed by atoms with E-state index in [1.165, 1.54) is 0 Å². The first-order valence-electron chi connectivity index (χ1n) is 7.80. The highest BCUT2D eigenvalue weighted by Crippen LogP contribution is 2.28. The summed E-state index contributed by atoms with van der Waals surface area (Å²) in [6.07, 6.45) is 3.67. The average Bonchev–Trinajstić information content (AvgIpc) is 2.98. The molecule has 0 spiro atoms. The molecule has 2 atom stereocenters. The lowest BCUT2D eigenvalue weighted by Gasteiger charge is -2.35. The number of aliphatic hydroxyl groups is 1. The minimum Gasteiger partial charge on any atom is -0.394 e. The predicted molar refractivity (Wildman–Crippen MR) is 83.9 cm³/mol. The molecular formula is C17H26N2O2. The van der Waals surface area contributed by atoms with Gasteiger partial charge >= 0.3 is 0 Å². The second kappa shape index (κ2) is 6.58. The number of aliphatic hydroxyl groups excluding tert-OH is 1. The highest BCUT2D eigenvalue weighted by atomic mass is 16.3. The van der Waals surface area contributed by atoms with Gasteiger partial charge in [-0.15, -0.1) is 0 Å². The number of rotatable bonds is 6. The summed E-state index contributed by atoms with van der Waals surface area (Å²) < 4.78 is 0. The van der Waals surface area contributed by atoms with Gasteiger partial charge in [-0.25, -0.2) is 0 Å². The molecule has 1 fully saturated rings. The maximum Gasteiger partial charge on any atom is 0.241 e. The molecule has 0 radical (unpaired) electrons. The van der Waals surface area contributed by atoms with Crippen molar-refractivity contribution >= 4 is 5.91 Å². The Kier molecular flexibility index (Phi) is 5.01. The van der Waals surface area contributed by atoms with Crippen LogP contribution in [0.1, 0.15) is 45.1 Å². The van der Waals surface area contributed by atoms with Crippen molar-refractivity contribution in [3.8, 4) is 0 Å². The molecular weight excluding hydrogens is 264 g/mol. The number of nitrogens with one attached hydrogen (secondary N) is 2. The SMILES string of the molecule is CCCC1(C(=O)NC(C)(CO)c2ccccc2)CCCN1. The Morgan fingerprint density at radius 2 is 2.14 bits per heavy atom. The molecule has 2 rings (SSSR count). The Labute approximate surface area is 126 Å². The van der Waals surface area contributed by atoms with Crippen molar-refractivity contribution in [3.05, 3.63) is 35.9 Å². The fourth-order valence-electron chi connectivity index (χ4n) is 3.13. The summed E-state index contributed by atoms with van der Waals surface area (Å²) in [5.74, 6) is 0.00209. The minimum atomic E-state index is -0.747. The standard InChI is InChI=1S/C17H26N2O2/c1-3-10-17(11-7-12-18-17)15(21)19-16(2,13-20)14-8-5-4-6-9-14/h4-6,8-9,18,20H,3,7,10-13H2,1-2H3,(H,19,21). The third-order valence-electron chi connectivity index (χ3n) is 4.47. The van der Waals surface area contributed by atoms with E-state index in [0.29, 0.717) is 0 Å². The summed E-state index contributed by atoms with van der Waals surface area (Å²) in [5, 5.41) is 16.3. The molecule has 1 aromatic rings. The molecule has 1 aliphatic rings. The largest absolute Gasteiger partial charge is 0.394 e. The van der Waals surface area contributed by atoms with Crippen molar-refractivity contribution in [3.63, 3.8) is 0 Å². The highest BCUT2D eigenvalue weighted by Gasteiger charge is 2.42. The topological polar surface area (TPSA) is 61.4 Å². The molecule has 1 saturated heterocycles. The van der Waals surface area contributed by atoms with Crippen LogP contribution in [0, 0.1) is 0 Å². The van der Waals surface area contributed by atoms with Gasteiger partial charge in [0.15, 0.2) is 0 Å². The number of benzene rings is 1. The van der Waals surface area contributed by atoms with Crippen LogP contribution < -0.4 is 10.6 Å². The van der Waals surface area contributed by atoms with Gasteiger partial charge in [0, 0.05) is 0 Å². The number of carbonyl (C=O) groups is 1. The first-order valence-corrected chi connectivity index (χ1v) is 7.80. The van der Waals surface area contributed by atoms with Crippen molar-refractivity contribution in [2.45, 2.75) is 50.6 Å². The zero-order valence-electron chi connectivity index (χ0n) is 13.0. The molecule has 4 nitrogen and oxygen atoms in total. The molecule has 2 unspecified atom stereocenters. The molecule has 3 N–H and O–H groups in total. The molecule has 1 aromatic carbocycles. The van der Waals surface area contributed by atoms with Crippen molar-refractivity contribution in [2.75, 3.05) is 13.2 Å². The number of hydrogen-bond acceptors (Lipinski definition) is 3. The number of hydrogen-bond donors (Lipinski definition) is 3. The van der Waals surface area contributed by atoms with Crippen LogP contribution in [0.15, 0.2) is 30.3 Å². The molecule has 21 heavy (non-hydrogen) atoms. The fraction of sp³-hybridized carbons (Fsp3) is 0.588. The Balaban J connectivity index is 2.19. The van der Waals surface area contributed by atoms with Crippen molar-refractivity contribution < 1.29 is 9.90 Å². The Morgan fingerprint density at radius 1 is 1.43 bits per heavy atom. The van der Waals surface area contributed by atoms with Crippen LogP contribution in [0.4, 0.5) is 0 Å². The zero-order chi connectivity index (χ0) is 15.3. The number of amides is 1. The van der Waals surface area contributed by atoms with Crippen LogP contribution in [-0.2, 0) is 10.3 Å². The van der Waals surface area contributed by atoms with E-state index in [1.54, 1.807) is 0 Å². The Bertz CT molecular complexity index is 469. The van der Waals surface area contributed by atoms with E-state index in [2.05, 4.69) is 17.6 Å². The maximum absolute atomic E-state index is 12.8. The monoisotopic (exact) mass is 290 g/mol. The lowest BCUT2D eigenvalue weighted by atomic mass is 9.87. The van der Waals surface area contributed by atoms with Crippen LogP contribution in [0.5, 0.6) is 0 Å². The van der Waals surface area contributed by atoms with E-state index in [1.807, 2.05) is 37.3 Å². The molecule has 1 aliphatic heterocycles. The summed E-state index contributed by atoms with van der Waals surface area (Å²) in [5.41, 5.74) is -0.297. The summed E-state index contributed by atoms with van der Waals surface area (Å²) >= 11 is 0. The van der Waals surface area contributed by atoms with Crippen LogP contribution >= 0.6 is 0 Å². The summed E-state index contributed by atoms with van der Waals surface area (Å²) in [6.45, 7) is 4.73. The van der Waals surface area contributed by atoms with Gasteiger partial charge in [-0.3, -0.25) is 4.79 Å². The van der Waals surface area contributed by atoms with Gasteiger partial charge in [-0.05, 0) is 38.3 Å². The molecule has 1 amide bonds. The fourth-order valence-corrected chi connectivity index (χ4v) is 3.13. The molecule has 116 valence electrons. The second-order valence-corrected chi connectivity index (χ2v) is 6.17. The first-order chi connectivity index (χ1) is 10.1. The van der Waals surface area contributed by atoms with E-state index in [0.717, 1.165) is 37.8 Å². The third-order valence-corrected chi connectivity index (χ3v) is 4.47. The highest BCUT2D eigenvalue weighted by molar-refractivity contribution is 5.87. The van der Waals surface area contributed by atoms with Crippen molar-refractivity contribution in [1.82, 2.24) is 10.6 Å². The predicted octanol–water partition coefficient (Wildman–Crippen LogP) is 1.93. The molecule has 0 bridgehead atoms. The van der Waals surface area contributed by atoms with Gasteiger partial charge in [0.05, 0.1) is 17.7 Å². The average molecular weight is 290 g/mol. The lowest BCUT2D eigenvalue weighted by molar-refractivity contribution is -0.130. The normalized spacial score (nSPS) is 24.5. The minimum absolute atomic E-state index is 0.00209. The number of carbonyl (C=O) groups excluding carboxylic acids is 1. The van der Waals surface area contributed by atoms with Crippen molar-refractivity contribution in [1.29, 1.82) is 0 Å². The van der Waals surface area contributed by atoms with Gasteiger partial charge in [-0.1, -0.05) is 43.7 Å². The quantitative estimate of drug-likeness (QED) is 0.750. The summed E-state index contributed by atoms with van der Waals surface area (Å²) in [4.78, 5) is 12.8. The van der Waals surface area contributed by atoms with E-state index in [-0.39, 0.29) is 12.5 Å². The Morgan fingerprint density at radius 3 is 2.67 bits per heavy atom. The van der Waals surface area contributed by atoms with Gasteiger partial charge in [0.1, 0.15) is 0 Å². The molecule has 4 heteroatoms. The van der Waals surface area contributed by atoms with E-state index in [4.69, 9.17) is 0 Å². The van der Waals surface area contributed by atoms with Crippen molar-refractivity contribution in [2.24, 2.45) is 0 Å². The van der Waals surface area contributed by atoms with Crippen LogP contribution in [0.3, 0.4) is 0 Å². The molecule has 0 aliphatic carbocycles. The summed E-state index contributed by atoms with van der Waals surface area (Å²) in [7, 11) is 0. The lowest BCUT2D eigenvalue weighted by Crippen LogP contribution is -2.59. The van der Waals surface area contributed by atoms with Gasteiger partial charge in [0.25, 0.3) is 0 Å². The zero-order valence-corrected chi connectivity index (χ0v) is 13.0. The third kappa shape index (κ3) is 3.27. The first kappa shape index (κ1) is 16.0. The molecule has 0 saturated carbocycles. The van der Waals surface area contributed by atoms with Gasteiger partial charge in [0.2, 0.25) is 5.91 Å².